The van der Waals surface area contributed by atoms with Crippen LogP contribution in [0.15, 0.2) is 94.3 Å². The molecule has 10 heteroatoms. The predicted molar refractivity (Wildman–Crippen MR) is 147 cm³/mol. The van der Waals surface area contributed by atoms with Gasteiger partial charge in [0.05, 0.1) is 21.2 Å². The smallest absolute Gasteiger partial charge is 0.261 e. The lowest BCUT2D eigenvalue weighted by molar-refractivity contribution is 0.102. The van der Waals surface area contributed by atoms with Crippen LogP contribution in [0.1, 0.15) is 15.9 Å². The van der Waals surface area contributed by atoms with Gasteiger partial charge >= 0.3 is 0 Å². The number of amides is 1. The Labute approximate surface area is 227 Å². The molecule has 6 nitrogen and oxygen atoms in total. The van der Waals surface area contributed by atoms with Crippen molar-refractivity contribution in [3.05, 3.63) is 111 Å². The number of nitrogens with one attached hydrogen (secondary N) is 2. The average Bonchev–Trinajstić information content (AvgIpc) is 2.81. The molecular formula is C26H19BrCl2N2O4S. The molecule has 0 bridgehead atoms. The van der Waals surface area contributed by atoms with Crippen molar-refractivity contribution in [2.75, 3.05) is 10.0 Å². The summed E-state index contributed by atoms with van der Waals surface area (Å²) < 4.78 is 35.2. The molecule has 0 aliphatic heterocycles. The van der Waals surface area contributed by atoms with Gasteiger partial charge in [-0.2, -0.15) is 0 Å². The summed E-state index contributed by atoms with van der Waals surface area (Å²) in [6.45, 7) is 1.89. The highest BCUT2D eigenvalue weighted by molar-refractivity contribution is 9.10. The number of rotatable bonds is 7. The number of carbonyl (C=O) groups excluding carboxylic acids is 1. The lowest BCUT2D eigenvalue weighted by atomic mass is 10.1. The Morgan fingerprint density at radius 2 is 1.64 bits per heavy atom. The average molecular weight is 606 g/mol. The van der Waals surface area contributed by atoms with Crippen molar-refractivity contribution in [1.82, 2.24) is 0 Å². The van der Waals surface area contributed by atoms with Crippen LogP contribution in [0.3, 0.4) is 0 Å². The van der Waals surface area contributed by atoms with E-state index in [1.54, 1.807) is 36.4 Å². The largest absolute Gasteiger partial charge is 0.456 e. The number of benzene rings is 4. The summed E-state index contributed by atoms with van der Waals surface area (Å²) in [4.78, 5) is 13.0. The first-order valence-corrected chi connectivity index (χ1v) is 13.6. The van der Waals surface area contributed by atoms with Gasteiger partial charge in [0.25, 0.3) is 15.9 Å². The van der Waals surface area contributed by atoms with Crippen LogP contribution in [0.5, 0.6) is 11.5 Å². The molecule has 0 saturated heterocycles. The Morgan fingerprint density at radius 1 is 0.917 bits per heavy atom. The third-order valence-electron chi connectivity index (χ3n) is 4.97. The van der Waals surface area contributed by atoms with Crippen LogP contribution < -0.4 is 14.8 Å². The van der Waals surface area contributed by atoms with Gasteiger partial charge in [0, 0.05) is 15.2 Å². The zero-order valence-corrected chi connectivity index (χ0v) is 22.7. The Balaban J connectivity index is 1.56. The molecule has 0 radical (unpaired) electrons. The van der Waals surface area contributed by atoms with Crippen molar-refractivity contribution in [3.63, 3.8) is 0 Å². The molecular weight excluding hydrogens is 587 g/mol. The van der Waals surface area contributed by atoms with Gasteiger partial charge in [-0.3, -0.25) is 9.52 Å². The number of hydrogen-bond donors (Lipinski definition) is 2. The van der Waals surface area contributed by atoms with Crippen LogP contribution in [-0.2, 0) is 10.0 Å². The molecule has 0 spiro atoms. The standard InChI is InChI=1S/C26H19BrCl2N2O4S/c1-16-12-17(27)14-19(13-16)30-26(32)22-15-18(28)6-11-24(22)31-36(33,34)21-9-7-20(8-10-21)35-25-5-3-2-4-23(25)29/h2-15,31H,1H3,(H,30,32). The van der Waals surface area contributed by atoms with Gasteiger partial charge in [0.15, 0.2) is 0 Å². The van der Waals surface area contributed by atoms with Crippen LogP contribution >= 0.6 is 39.1 Å². The van der Waals surface area contributed by atoms with Crippen LogP contribution in [-0.4, -0.2) is 14.3 Å². The monoisotopic (exact) mass is 604 g/mol. The van der Waals surface area contributed by atoms with Crippen molar-refractivity contribution >= 4 is 66.4 Å². The molecule has 0 aromatic heterocycles. The Morgan fingerprint density at radius 3 is 2.33 bits per heavy atom. The molecule has 4 aromatic carbocycles. The van der Waals surface area contributed by atoms with E-state index < -0.39 is 15.9 Å². The van der Waals surface area contributed by atoms with Gasteiger partial charge in [0.2, 0.25) is 0 Å². The first kappa shape index (κ1) is 26.0. The van der Waals surface area contributed by atoms with Crippen molar-refractivity contribution in [1.29, 1.82) is 0 Å². The fourth-order valence-electron chi connectivity index (χ4n) is 3.35. The number of anilines is 2. The lowest BCUT2D eigenvalue weighted by Gasteiger charge is -2.14. The summed E-state index contributed by atoms with van der Waals surface area (Å²) in [5.41, 5.74) is 1.64. The highest BCUT2D eigenvalue weighted by Gasteiger charge is 2.20. The minimum absolute atomic E-state index is 0.0158. The fraction of sp³-hybridized carbons (Fsp3) is 0.0385. The maximum atomic E-state index is 13.1. The van der Waals surface area contributed by atoms with E-state index in [2.05, 4.69) is 26.0 Å². The number of sulfonamides is 1. The number of para-hydroxylation sites is 1. The Hall–Kier alpha value is -3.04. The summed E-state index contributed by atoms with van der Waals surface area (Å²) >= 11 is 15.6. The van der Waals surface area contributed by atoms with Crippen molar-refractivity contribution in [3.8, 4) is 11.5 Å². The van der Waals surface area contributed by atoms with E-state index in [0.29, 0.717) is 22.2 Å². The van der Waals surface area contributed by atoms with Crippen LogP contribution in [0.2, 0.25) is 10.0 Å². The molecule has 0 aliphatic rings. The topological polar surface area (TPSA) is 84.5 Å². The summed E-state index contributed by atoms with van der Waals surface area (Å²) in [6, 6.07) is 22.6. The predicted octanol–water partition coefficient (Wildman–Crippen LogP) is 7.91. The van der Waals surface area contributed by atoms with Crippen LogP contribution in [0.4, 0.5) is 11.4 Å². The number of carbonyl (C=O) groups is 1. The maximum absolute atomic E-state index is 13.1. The maximum Gasteiger partial charge on any atom is 0.261 e. The summed E-state index contributed by atoms with van der Waals surface area (Å²) in [6.07, 6.45) is 0. The van der Waals surface area contributed by atoms with Gasteiger partial charge in [-0.25, -0.2) is 8.42 Å². The lowest BCUT2D eigenvalue weighted by Crippen LogP contribution is -2.18. The zero-order valence-electron chi connectivity index (χ0n) is 18.8. The van der Waals surface area contributed by atoms with E-state index in [4.69, 9.17) is 27.9 Å². The molecule has 0 saturated carbocycles. The molecule has 1 amide bonds. The van der Waals surface area contributed by atoms with Crippen molar-refractivity contribution < 1.29 is 17.9 Å². The fourth-order valence-corrected chi connectivity index (χ4v) is 5.38. The first-order chi connectivity index (χ1) is 17.1. The SMILES string of the molecule is Cc1cc(Br)cc(NC(=O)c2cc(Cl)ccc2NS(=O)(=O)c2ccc(Oc3ccccc3Cl)cc2)c1. The minimum atomic E-state index is -4.03. The van der Waals surface area contributed by atoms with E-state index in [9.17, 15) is 13.2 Å². The molecule has 0 aliphatic carbocycles. The van der Waals surface area contributed by atoms with E-state index in [-0.39, 0.29) is 21.2 Å². The molecule has 4 rings (SSSR count). The number of hydrogen-bond acceptors (Lipinski definition) is 4. The third kappa shape index (κ3) is 6.39. The summed E-state index contributed by atoms with van der Waals surface area (Å²) in [5, 5.41) is 3.50. The normalized spacial score (nSPS) is 11.1. The van der Waals surface area contributed by atoms with Crippen LogP contribution in [0, 0.1) is 6.92 Å². The van der Waals surface area contributed by atoms with Crippen molar-refractivity contribution in [2.45, 2.75) is 11.8 Å². The van der Waals surface area contributed by atoms with E-state index in [1.165, 1.54) is 42.5 Å². The van der Waals surface area contributed by atoms with E-state index in [1.807, 2.05) is 13.0 Å². The second kappa shape index (κ2) is 10.9. The molecule has 36 heavy (non-hydrogen) atoms. The molecule has 0 unspecified atom stereocenters. The molecule has 0 fully saturated rings. The highest BCUT2D eigenvalue weighted by Crippen LogP contribution is 2.30. The van der Waals surface area contributed by atoms with Gasteiger partial charge in [-0.15, -0.1) is 0 Å². The molecule has 184 valence electrons. The molecule has 2 N–H and O–H groups in total. The van der Waals surface area contributed by atoms with Gasteiger partial charge in [0.1, 0.15) is 11.5 Å². The first-order valence-electron chi connectivity index (χ1n) is 10.5. The molecule has 0 atom stereocenters. The second-order valence-electron chi connectivity index (χ2n) is 7.77. The quantitative estimate of drug-likeness (QED) is 0.224. The summed E-state index contributed by atoms with van der Waals surface area (Å²) in [7, 11) is -4.03. The zero-order chi connectivity index (χ0) is 25.9. The number of ether oxygens (including phenoxy) is 1. The number of halogens is 3. The van der Waals surface area contributed by atoms with Crippen LogP contribution in [0.25, 0.3) is 0 Å². The van der Waals surface area contributed by atoms with Gasteiger partial charge in [-0.05, 0) is 85.3 Å². The minimum Gasteiger partial charge on any atom is -0.456 e. The Bertz CT molecular complexity index is 1520. The summed E-state index contributed by atoms with van der Waals surface area (Å²) in [5.74, 6) is 0.347. The number of aryl methyl sites for hydroxylation is 1. The second-order valence-corrected chi connectivity index (χ2v) is 11.2. The third-order valence-corrected chi connectivity index (χ3v) is 7.36. The van der Waals surface area contributed by atoms with Crippen molar-refractivity contribution in [2.24, 2.45) is 0 Å². The van der Waals surface area contributed by atoms with E-state index >= 15 is 0 Å². The molecule has 4 aromatic rings. The molecule has 0 heterocycles. The Kier molecular flexibility index (Phi) is 7.90. The highest BCUT2D eigenvalue weighted by atomic mass is 79.9. The van der Waals surface area contributed by atoms with Gasteiger partial charge in [-0.1, -0.05) is 51.3 Å². The van der Waals surface area contributed by atoms with Gasteiger partial charge < -0.3 is 10.1 Å². The van der Waals surface area contributed by atoms with E-state index in [0.717, 1.165) is 10.0 Å².